The summed E-state index contributed by atoms with van der Waals surface area (Å²) in [6.07, 6.45) is 0. The van der Waals surface area contributed by atoms with Crippen molar-refractivity contribution in [2.24, 2.45) is 10.7 Å². The van der Waals surface area contributed by atoms with Crippen LogP contribution in [0.2, 0.25) is 0 Å². The first-order chi connectivity index (χ1) is 9.83. The van der Waals surface area contributed by atoms with E-state index in [2.05, 4.69) is 15.2 Å². The summed E-state index contributed by atoms with van der Waals surface area (Å²) < 4.78 is 5.47. The van der Waals surface area contributed by atoms with E-state index in [1.807, 2.05) is 60.7 Å². The lowest BCUT2D eigenvalue weighted by atomic mass is 10.2. The minimum atomic E-state index is 0.144. The van der Waals surface area contributed by atoms with E-state index in [9.17, 15) is 0 Å². The topological polar surface area (TPSA) is 77.3 Å². The number of nitrogens with two attached hydrogens (primary N) is 1. The molecule has 1 aromatic heterocycles. The lowest BCUT2D eigenvalue weighted by Gasteiger charge is -1.97. The molecule has 0 saturated heterocycles. The fraction of sp³-hybridized carbons (Fsp3) is 0. The molecule has 5 nitrogen and oxygen atoms in total. The minimum Gasteiger partial charge on any atom is -0.402 e. The molecule has 0 unspecified atom stereocenters. The maximum absolute atomic E-state index is 5.90. The Balaban J connectivity index is 1.88. The molecule has 1 heterocycles. The third-order valence-corrected chi connectivity index (χ3v) is 2.72. The van der Waals surface area contributed by atoms with Crippen LogP contribution in [-0.4, -0.2) is 16.0 Å². The molecule has 0 amide bonds. The third kappa shape index (κ3) is 2.56. The highest BCUT2D eigenvalue weighted by atomic mass is 16.4. The van der Waals surface area contributed by atoms with Crippen molar-refractivity contribution < 1.29 is 4.42 Å². The fourth-order valence-electron chi connectivity index (χ4n) is 1.73. The van der Waals surface area contributed by atoms with Crippen molar-refractivity contribution in [2.75, 3.05) is 0 Å². The number of benzene rings is 2. The molecule has 0 atom stereocenters. The van der Waals surface area contributed by atoms with Crippen LogP contribution >= 0.6 is 0 Å². The van der Waals surface area contributed by atoms with Gasteiger partial charge in [-0.3, -0.25) is 0 Å². The Bertz CT molecular complexity index is 720. The monoisotopic (exact) mass is 264 g/mol. The van der Waals surface area contributed by atoms with Crippen LogP contribution in [0.4, 0.5) is 6.01 Å². The van der Waals surface area contributed by atoms with Crippen molar-refractivity contribution in [3.8, 4) is 11.5 Å². The Morgan fingerprint density at radius 3 is 2.25 bits per heavy atom. The Morgan fingerprint density at radius 2 is 1.55 bits per heavy atom. The highest BCUT2D eigenvalue weighted by Gasteiger charge is 2.08. The molecule has 2 aromatic carbocycles. The van der Waals surface area contributed by atoms with Gasteiger partial charge in [-0.05, 0) is 12.1 Å². The Kier molecular flexibility index (Phi) is 3.24. The number of aliphatic imine (C=N–C) groups is 1. The standard InChI is InChI=1S/C15H12N4O/c16-13(11-7-3-1-4-8-11)17-15-19-18-14(20-15)12-9-5-2-6-10-12/h1-10H,(H2,16,17,19). The van der Waals surface area contributed by atoms with Crippen molar-refractivity contribution in [3.05, 3.63) is 66.2 Å². The number of hydrogen-bond donors (Lipinski definition) is 1. The van der Waals surface area contributed by atoms with Crippen LogP contribution in [0.15, 0.2) is 70.1 Å². The van der Waals surface area contributed by atoms with Crippen molar-refractivity contribution >= 4 is 11.9 Å². The SMILES string of the molecule is N/C(=N\c1nnc(-c2ccccc2)o1)c1ccccc1. The molecule has 0 bridgehead atoms. The summed E-state index contributed by atoms with van der Waals surface area (Å²) >= 11 is 0. The third-order valence-electron chi connectivity index (χ3n) is 2.72. The lowest BCUT2D eigenvalue weighted by Crippen LogP contribution is -2.12. The van der Waals surface area contributed by atoms with Crippen LogP contribution in [0.5, 0.6) is 0 Å². The first kappa shape index (κ1) is 12.1. The zero-order chi connectivity index (χ0) is 13.8. The van der Waals surface area contributed by atoms with Crippen LogP contribution in [0.25, 0.3) is 11.5 Å². The van der Waals surface area contributed by atoms with Crippen molar-refractivity contribution in [1.82, 2.24) is 10.2 Å². The highest BCUT2D eigenvalue weighted by Crippen LogP contribution is 2.20. The second kappa shape index (κ2) is 5.36. The molecule has 2 N–H and O–H groups in total. The number of amidine groups is 1. The molecule has 0 aliphatic rings. The average molecular weight is 264 g/mol. The Labute approximate surface area is 115 Å². The number of nitrogens with zero attached hydrogens (tertiary/aromatic N) is 3. The molecule has 0 aliphatic carbocycles. The van der Waals surface area contributed by atoms with E-state index in [4.69, 9.17) is 10.2 Å². The molecule has 98 valence electrons. The van der Waals surface area contributed by atoms with E-state index in [0.29, 0.717) is 11.7 Å². The Morgan fingerprint density at radius 1 is 0.900 bits per heavy atom. The van der Waals surface area contributed by atoms with Crippen LogP contribution < -0.4 is 5.73 Å². The molecular weight excluding hydrogens is 252 g/mol. The summed E-state index contributed by atoms with van der Waals surface area (Å²) in [5, 5.41) is 7.83. The second-order valence-electron chi connectivity index (χ2n) is 4.12. The summed E-state index contributed by atoms with van der Waals surface area (Å²) in [5.74, 6) is 0.763. The second-order valence-corrected chi connectivity index (χ2v) is 4.12. The van der Waals surface area contributed by atoms with E-state index in [0.717, 1.165) is 11.1 Å². The van der Waals surface area contributed by atoms with Gasteiger partial charge in [0.15, 0.2) is 0 Å². The largest absolute Gasteiger partial charge is 0.402 e. The van der Waals surface area contributed by atoms with E-state index in [1.54, 1.807) is 0 Å². The van der Waals surface area contributed by atoms with E-state index >= 15 is 0 Å². The lowest BCUT2D eigenvalue weighted by molar-refractivity contribution is 0.580. The van der Waals surface area contributed by atoms with Crippen LogP contribution in [0.3, 0.4) is 0 Å². The summed E-state index contributed by atoms with van der Waals surface area (Å²) in [5.41, 5.74) is 7.56. The first-order valence-electron chi connectivity index (χ1n) is 6.11. The van der Waals surface area contributed by atoms with Gasteiger partial charge in [0.1, 0.15) is 5.84 Å². The molecule has 0 saturated carbocycles. The van der Waals surface area contributed by atoms with Gasteiger partial charge in [0.25, 0.3) is 0 Å². The molecule has 3 rings (SSSR count). The van der Waals surface area contributed by atoms with Crippen LogP contribution in [0, 0.1) is 0 Å². The van der Waals surface area contributed by atoms with Gasteiger partial charge in [0.2, 0.25) is 5.89 Å². The van der Waals surface area contributed by atoms with Crippen molar-refractivity contribution in [1.29, 1.82) is 0 Å². The Hall–Kier alpha value is -2.95. The molecule has 5 heteroatoms. The van der Waals surface area contributed by atoms with E-state index in [-0.39, 0.29) is 6.01 Å². The summed E-state index contributed by atoms with van der Waals surface area (Å²) in [6.45, 7) is 0. The number of aromatic nitrogens is 2. The summed E-state index contributed by atoms with van der Waals surface area (Å²) in [7, 11) is 0. The molecule has 0 fully saturated rings. The van der Waals surface area contributed by atoms with E-state index in [1.165, 1.54) is 0 Å². The van der Waals surface area contributed by atoms with Gasteiger partial charge in [0.05, 0.1) is 0 Å². The summed E-state index contributed by atoms with van der Waals surface area (Å²) in [6, 6.07) is 19.1. The highest BCUT2D eigenvalue weighted by molar-refractivity contribution is 5.98. The minimum absolute atomic E-state index is 0.144. The molecule has 20 heavy (non-hydrogen) atoms. The van der Waals surface area contributed by atoms with E-state index < -0.39 is 0 Å². The quantitative estimate of drug-likeness (QED) is 0.583. The molecular formula is C15H12N4O. The van der Waals surface area contributed by atoms with Gasteiger partial charge in [-0.25, -0.2) is 0 Å². The van der Waals surface area contributed by atoms with Crippen molar-refractivity contribution in [3.63, 3.8) is 0 Å². The van der Waals surface area contributed by atoms with Gasteiger partial charge in [-0.15, -0.1) is 5.10 Å². The van der Waals surface area contributed by atoms with Crippen LogP contribution in [0.1, 0.15) is 5.56 Å². The summed E-state index contributed by atoms with van der Waals surface area (Å²) in [4.78, 5) is 4.13. The van der Waals surface area contributed by atoms with Gasteiger partial charge in [-0.1, -0.05) is 53.6 Å². The maximum Gasteiger partial charge on any atom is 0.344 e. The molecule has 0 radical (unpaired) electrons. The average Bonchev–Trinajstić information content (AvgIpc) is 2.97. The molecule has 0 spiro atoms. The maximum atomic E-state index is 5.90. The van der Waals surface area contributed by atoms with Gasteiger partial charge in [0, 0.05) is 11.1 Å². The number of rotatable bonds is 3. The van der Waals surface area contributed by atoms with Crippen molar-refractivity contribution in [2.45, 2.75) is 0 Å². The predicted molar refractivity (Wildman–Crippen MR) is 76.6 cm³/mol. The normalized spacial score (nSPS) is 11.5. The fourth-order valence-corrected chi connectivity index (χ4v) is 1.73. The molecule has 3 aromatic rings. The van der Waals surface area contributed by atoms with Crippen LogP contribution in [-0.2, 0) is 0 Å². The smallest absolute Gasteiger partial charge is 0.344 e. The van der Waals surface area contributed by atoms with Gasteiger partial charge in [-0.2, -0.15) is 4.99 Å². The number of hydrogen-bond acceptors (Lipinski definition) is 4. The zero-order valence-electron chi connectivity index (χ0n) is 10.6. The van der Waals surface area contributed by atoms with Gasteiger partial charge < -0.3 is 10.2 Å². The zero-order valence-corrected chi connectivity index (χ0v) is 10.6. The first-order valence-corrected chi connectivity index (χ1v) is 6.11. The molecule has 0 aliphatic heterocycles. The van der Waals surface area contributed by atoms with Gasteiger partial charge >= 0.3 is 6.01 Å². The predicted octanol–water partition coefficient (Wildman–Crippen LogP) is 2.77.